The molecule has 24 heavy (non-hydrogen) atoms. The molecule has 0 aliphatic heterocycles. The number of H-pyrrole nitrogens is 1. The van der Waals surface area contributed by atoms with Crippen LogP contribution in [0.3, 0.4) is 0 Å². The van der Waals surface area contributed by atoms with Gasteiger partial charge in [0.15, 0.2) is 5.69 Å². The molecule has 0 spiro atoms. The lowest BCUT2D eigenvalue weighted by atomic mass is 10.2. The van der Waals surface area contributed by atoms with Gasteiger partial charge in [0.05, 0.1) is 11.2 Å². The Morgan fingerprint density at radius 2 is 1.71 bits per heavy atom. The molecule has 0 radical (unpaired) electrons. The van der Waals surface area contributed by atoms with E-state index in [-0.39, 0.29) is 17.0 Å². The van der Waals surface area contributed by atoms with E-state index in [9.17, 15) is 22.7 Å². The van der Waals surface area contributed by atoms with Gasteiger partial charge in [-0.3, -0.25) is 0 Å². The first-order valence-electron chi connectivity index (χ1n) is 6.59. The fraction of sp³-hybridized carbons (Fsp3) is 0.0667. The average molecular weight is 339 g/mol. The van der Waals surface area contributed by atoms with Gasteiger partial charge in [0.25, 0.3) is 0 Å². The van der Waals surface area contributed by atoms with Gasteiger partial charge in [0.2, 0.25) is 5.88 Å². The number of fused-ring (bicyclic) bond motifs is 1. The third-order valence-electron chi connectivity index (χ3n) is 3.05. The van der Waals surface area contributed by atoms with E-state index in [0.717, 1.165) is 12.1 Å². The van der Waals surface area contributed by atoms with Crippen molar-refractivity contribution >= 4 is 22.3 Å². The molecule has 0 saturated heterocycles. The summed E-state index contributed by atoms with van der Waals surface area (Å²) in [6.45, 7) is 0. The molecule has 0 unspecified atom stereocenters. The molecule has 0 amide bonds. The molecule has 0 saturated carbocycles. The van der Waals surface area contributed by atoms with Crippen LogP contribution in [0.1, 0.15) is 0 Å². The molecular formula is C15H9F4N3O2. The van der Waals surface area contributed by atoms with E-state index in [1.54, 1.807) is 0 Å². The normalized spacial score (nSPS) is 12.2. The summed E-state index contributed by atoms with van der Waals surface area (Å²) in [5.41, 5.74) is 0.616. The van der Waals surface area contributed by atoms with Crippen molar-refractivity contribution < 1.29 is 27.4 Å². The first-order chi connectivity index (χ1) is 11.3. The lowest BCUT2D eigenvalue weighted by Crippen LogP contribution is -2.16. The van der Waals surface area contributed by atoms with E-state index in [1.807, 2.05) is 0 Å². The Balaban J connectivity index is 1.98. The van der Waals surface area contributed by atoms with Crippen molar-refractivity contribution in [2.45, 2.75) is 6.36 Å². The highest BCUT2D eigenvalue weighted by Crippen LogP contribution is 2.38. The molecule has 2 aromatic carbocycles. The highest BCUT2D eigenvalue weighted by molar-refractivity contribution is 5.95. The van der Waals surface area contributed by atoms with Gasteiger partial charge in [-0.05, 0) is 42.5 Å². The van der Waals surface area contributed by atoms with Crippen LogP contribution in [0.4, 0.5) is 28.9 Å². The second-order valence-corrected chi connectivity index (χ2v) is 4.75. The van der Waals surface area contributed by atoms with Crippen molar-refractivity contribution in [3.63, 3.8) is 0 Å². The van der Waals surface area contributed by atoms with Crippen molar-refractivity contribution in [1.29, 1.82) is 0 Å². The quantitative estimate of drug-likeness (QED) is 0.500. The molecule has 124 valence electrons. The Bertz CT molecular complexity index is 901. The van der Waals surface area contributed by atoms with Crippen molar-refractivity contribution in [3.8, 4) is 11.6 Å². The van der Waals surface area contributed by atoms with Gasteiger partial charge >= 0.3 is 6.36 Å². The van der Waals surface area contributed by atoms with Crippen molar-refractivity contribution in [3.05, 3.63) is 48.3 Å². The molecule has 0 fully saturated rings. The lowest BCUT2D eigenvalue weighted by molar-refractivity contribution is -0.274. The van der Waals surface area contributed by atoms with Gasteiger partial charge < -0.3 is 14.8 Å². The third-order valence-corrected chi connectivity index (χ3v) is 3.05. The van der Waals surface area contributed by atoms with Crippen LogP contribution in [0, 0.1) is 5.82 Å². The maximum atomic E-state index is 12.8. The van der Waals surface area contributed by atoms with Crippen LogP contribution in [0.2, 0.25) is 0 Å². The van der Waals surface area contributed by atoms with Crippen molar-refractivity contribution in [1.82, 2.24) is 4.98 Å². The number of ether oxygens (including phenoxy) is 1. The molecule has 5 nitrogen and oxygen atoms in total. The zero-order chi connectivity index (χ0) is 17.3. The molecule has 0 bridgehead atoms. The lowest BCUT2D eigenvalue weighted by Gasteiger charge is -2.08. The number of azo groups is 1. The zero-order valence-electron chi connectivity index (χ0n) is 11.8. The summed E-state index contributed by atoms with van der Waals surface area (Å²) in [5.74, 6) is -1.26. The summed E-state index contributed by atoms with van der Waals surface area (Å²) >= 11 is 0. The largest absolute Gasteiger partial charge is 0.573 e. The average Bonchev–Trinajstić information content (AvgIpc) is 2.80. The van der Waals surface area contributed by atoms with Gasteiger partial charge in [-0.15, -0.1) is 18.3 Å². The van der Waals surface area contributed by atoms with E-state index in [1.165, 1.54) is 30.3 Å². The minimum absolute atomic E-state index is 0.0538. The summed E-state index contributed by atoms with van der Waals surface area (Å²) in [6, 6.07) is 8.58. The van der Waals surface area contributed by atoms with E-state index in [4.69, 9.17) is 0 Å². The van der Waals surface area contributed by atoms with E-state index < -0.39 is 17.9 Å². The number of halogens is 4. The van der Waals surface area contributed by atoms with Gasteiger partial charge in [-0.2, -0.15) is 5.11 Å². The number of hydrogen-bond donors (Lipinski definition) is 2. The minimum Gasteiger partial charge on any atom is -0.493 e. The number of nitrogens with zero attached hydrogens (tertiary/aromatic N) is 2. The SMILES string of the molecule is Oc1[nH]c2ccc(OC(F)(F)F)cc2c1N=Nc1ccc(F)cc1. The van der Waals surface area contributed by atoms with Gasteiger partial charge in [0, 0.05) is 5.39 Å². The molecule has 3 aromatic rings. The molecule has 1 aromatic heterocycles. The number of aromatic amines is 1. The van der Waals surface area contributed by atoms with Gasteiger partial charge in [-0.25, -0.2) is 4.39 Å². The number of hydrogen-bond acceptors (Lipinski definition) is 4. The number of benzene rings is 2. The Labute approximate surface area is 132 Å². The highest BCUT2D eigenvalue weighted by atomic mass is 19.4. The molecule has 1 heterocycles. The van der Waals surface area contributed by atoms with E-state index >= 15 is 0 Å². The number of rotatable bonds is 3. The van der Waals surface area contributed by atoms with E-state index in [2.05, 4.69) is 19.9 Å². The van der Waals surface area contributed by atoms with Crippen molar-refractivity contribution in [2.75, 3.05) is 0 Å². The third kappa shape index (κ3) is 3.45. The molecular weight excluding hydrogens is 330 g/mol. The Kier molecular flexibility index (Phi) is 3.84. The topological polar surface area (TPSA) is 70.0 Å². The van der Waals surface area contributed by atoms with Gasteiger partial charge in [0.1, 0.15) is 11.6 Å². The first kappa shape index (κ1) is 15.8. The summed E-state index contributed by atoms with van der Waals surface area (Å²) < 4.78 is 53.6. The van der Waals surface area contributed by atoms with Crippen LogP contribution in [0.5, 0.6) is 11.6 Å². The first-order valence-corrected chi connectivity index (χ1v) is 6.59. The van der Waals surface area contributed by atoms with Crippen LogP contribution in [0.25, 0.3) is 10.9 Å². The molecule has 3 rings (SSSR count). The summed E-state index contributed by atoms with van der Waals surface area (Å²) in [5, 5.41) is 17.7. The Morgan fingerprint density at radius 1 is 1.00 bits per heavy atom. The molecule has 9 heteroatoms. The molecule has 2 N–H and O–H groups in total. The van der Waals surface area contributed by atoms with E-state index in [0.29, 0.717) is 11.2 Å². The number of alkyl halides is 3. The zero-order valence-corrected chi connectivity index (χ0v) is 11.8. The maximum Gasteiger partial charge on any atom is 0.573 e. The summed E-state index contributed by atoms with van der Waals surface area (Å²) in [4.78, 5) is 2.57. The Morgan fingerprint density at radius 3 is 2.38 bits per heavy atom. The summed E-state index contributed by atoms with van der Waals surface area (Å²) in [7, 11) is 0. The monoisotopic (exact) mass is 339 g/mol. The van der Waals surface area contributed by atoms with Crippen LogP contribution < -0.4 is 4.74 Å². The van der Waals surface area contributed by atoms with Gasteiger partial charge in [-0.1, -0.05) is 0 Å². The second kappa shape index (κ2) is 5.84. The molecule has 0 aliphatic carbocycles. The fourth-order valence-electron chi connectivity index (χ4n) is 2.06. The predicted molar refractivity (Wildman–Crippen MR) is 77.2 cm³/mol. The number of aromatic nitrogens is 1. The van der Waals surface area contributed by atoms with Crippen molar-refractivity contribution in [2.24, 2.45) is 10.2 Å². The van der Waals surface area contributed by atoms with Crippen LogP contribution in [0.15, 0.2) is 52.7 Å². The maximum absolute atomic E-state index is 12.8. The number of aromatic hydroxyl groups is 1. The summed E-state index contributed by atoms with van der Waals surface area (Å²) in [6.07, 6.45) is -4.83. The number of nitrogens with one attached hydrogen (secondary N) is 1. The Hall–Kier alpha value is -3.10. The standard InChI is InChI=1S/C15H9F4N3O2/c16-8-1-3-9(4-2-8)21-22-13-11-7-10(24-15(17,18)19)5-6-12(11)20-14(13)23/h1-7,20,23H. The van der Waals surface area contributed by atoms with Crippen LogP contribution in [-0.4, -0.2) is 16.5 Å². The van der Waals surface area contributed by atoms with Crippen LogP contribution >= 0.6 is 0 Å². The molecule has 0 aliphatic rings. The minimum atomic E-state index is -4.83. The molecule has 0 atom stereocenters. The second-order valence-electron chi connectivity index (χ2n) is 4.75. The highest BCUT2D eigenvalue weighted by Gasteiger charge is 2.31. The predicted octanol–water partition coefficient (Wildman–Crippen LogP) is 5.33. The van der Waals surface area contributed by atoms with Crippen LogP contribution in [-0.2, 0) is 0 Å². The fourth-order valence-corrected chi connectivity index (χ4v) is 2.06. The smallest absolute Gasteiger partial charge is 0.493 e.